The molecule has 1 unspecified atom stereocenters. The highest BCUT2D eigenvalue weighted by Crippen LogP contribution is 2.64. The lowest BCUT2D eigenvalue weighted by Gasteiger charge is -2.36. The monoisotopic (exact) mass is 849 g/mol. The molecule has 0 fully saturated rings. The fourth-order valence-corrected chi connectivity index (χ4v) is 12.3. The van der Waals surface area contributed by atoms with Gasteiger partial charge in [-0.25, -0.2) is 0 Å². The molecule has 310 valence electrons. The summed E-state index contributed by atoms with van der Waals surface area (Å²) in [5, 5.41) is 10.0. The van der Waals surface area contributed by atoms with Crippen molar-refractivity contribution in [3.05, 3.63) is 259 Å². The third-order valence-corrected chi connectivity index (χ3v) is 15.0. The molecular formula is C65H39NO. The molecule has 1 aromatic heterocycles. The summed E-state index contributed by atoms with van der Waals surface area (Å²) in [6.45, 7) is 0. The van der Waals surface area contributed by atoms with Gasteiger partial charge in [-0.2, -0.15) is 0 Å². The summed E-state index contributed by atoms with van der Waals surface area (Å²) in [5.41, 5.74) is 19.3. The van der Waals surface area contributed by atoms with E-state index in [2.05, 4.69) is 241 Å². The predicted molar refractivity (Wildman–Crippen MR) is 279 cm³/mol. The van der Waals surface area contributed by atoms with Crippen LogP contribution in [0.5, 0.6) is 0 Å². The van der Waals surface area contributed by atoms with Crippen LogP contribution in [0.2, 0.25) is 0 Å². The average molecular weight is 850 g/mol. The van der Waals surface area contributed by atoms with E-state index < -0.39 is 5.41 Å². The molecule has 0 radical (unpaired) electrons. The molecule has 0 saturated heterocycles. The van der Waals surface area contributed by atoms with Gasteiger partial charge in [-0.15, -0.1) is 0 Å². The van der Waals surface area contributed by atoms with Crippen molar-refractivity contribution in [3.63, 3.8) is 0 Å². The zero-order valence-corrected chi connectivity index (χ0v) is 36.4. The SMILES string of the molecule is c1ccc(-c2ccc(N(c3ccc4c(c3)-c3ccccc3-c3ccccc3C43c4ccccc4-c4c3cc3ccc5cccc6ccc4c3c56)c3cccc4c3oc3ccccc34)cc2)cc1. The van der Waals surface area contributed by atoms with Gasteiger partial charge in [-0.05, 0) is 142 Å². The summed E-state index contributed by atoms with van der Waals surface area (Å²) in [5.74, 6) is 0. The molecule has 2 nitrogen and oxygen atoms in total. The number of para-hydroxylation sites is 2. The molecule has 15 rings (SSSR count). The summed E-state index contributed by atoms with van der Waals surface area (Å²) in [4.78, 5) is 2.40. The van der Waals surface area contributed by atoms with Crippen molar-refractivity contribution in [2.45, 2.75) is 5.41 Å². The zero-order valence-electron chi connectivity index (χ0n) is 36.4. The van der Waals surface area contributed by atoms with Gasteiger partial charge in [0.1, 0.15) is 5.58 Å². The van der Waals surface area contributed by atoms with E-state index in [9.17, 15) is 0 Å². The fraction of sp³-hybridized carbons (Fsp3) is 0.0154. The molecule has 0 amide bonds. The quantitative estimate of drug-likeness (QED) is 0.164. The van der Waals surface area contributed by atoms with Gasteiger partial charge >= 0.3 is 0 Å². The third-order valence-electron chi connectivity index (χ3n) is 15.0. The molecule has 1 spiro atoms. The van der Waals surface area contributed by atoms with Crippen molar-refractivity contribution in [1.29, 1.82) is 0 Å². The van der Waals surface area contributed by atoms with Crippen LogP contribution in [0.3, 0.4) is 0 Å². The van der Waals surface area contributed by atoms with Gasteiger partial charge in [0.05, 0.1) is 11.1 Å². The van der Waals surface area contributed by atoms with Crippen molar-refractivity contribution in [3.8, 4) is 44.5 Å². The Labute approximate surface area is 387 Å². The van der Waals surface area contributed by atoms with Crippen molar-refractivity contribution in [2.75, 3.05) is 4.90 Å². The maximum absolute atomic E-state index is 6.83. The minimum absolute atomic E-state index is 0.638. The van der Waals surface area contributed by atoms with Crippen molar-refractivity contribution >= 4 is 71.3 Å². The second-order valence-corrected chi connectivity index (χ2v) is 18.3. The topological polar surface area (TPSA) is 16.4 Å². The van der Waals surface area contributed by atoms with Crippen LogP contribution in [-0.4, -0.2) is 0 Å². The van der Waals surface area contributed by atoms with Gasteiger partial charge in [-0.1, -0.05) is 194 Å². The van der Waals surface area contributed by atoms with Crippen LogP contribution >= 0.6 is 0 Å². The van der Waals surface area contributed by atoms with Crippen molar-refractivity contribution in [2.24, 2.45) is 0 Å². The number of furan rings is 1. The largest absolute Gasteiger partial charge is 0.454 e. The fourth-order valence-electron chi connectivity index (χ4n) is 12.3. The number of anilines is 3. The Kier molecular flexibility index (Phi) is 7.46. The molecular weight excluding hydrogens is 811 g/mol. The summed E-state index contributed by atoms with van der Waals surface area (Å²) >= 11 is 0. The van der Waals surface area contributed by atoms with E-state index in [0.717, 1.165) is 39.0 Å². The van der Waals surface area contributed by atoms with E-state index in [1.807, 2.05) is 0 Å². The van der Waals surface area contributed by atoms with E-state index in [-0.39, 0.29) is 0 Å². The summed E-state index contributed by atoms with van der Waals surface area (Å²) in [6, 6.07) is 87.9. The predicted octanol–water partition coefficient (Wildman–Crippen LogP) is 17.6. The lowest BCUT2D eigenvalue weighted by molar-refractivity contribution is 0.669. The first-order chi connectivity index (χ1) is 33.2. The summed E-state index contributed by atoms with van der Waals surface area (Å²) < 4.78 is 6.83. The van der Waals surface area contributed by atoms with Crippen LogP contribution in [0.25, 0.3) is 98.8 Å². The highest BCUT2D eigenvalue weighted by molar-refractivity contribution is 6.27. The number of nitrogens with zero attached hydrogens (tertiary/aromatic N) is 1. The molecule has 2 aliphatic rings. The van der Waals surface area contributed by atoms with Crippen LogP contribution < -0.4 is 4.90 Å². The Bertz CT molecular complexity index is 4140. The molecule has 67 heavy (non-hydrogen) atoms. The van der Waals surface area contributed by atoms with Gasteiger partial charge in [0.25, 0.3) is 0 Å². The lowest BCUT2D eigenvalue weighted by atomic mass is 9.65. The van der Waals surface area contributed by atoms with E-state index in [4.69, 9.17) is 4.42 Å². The normalized spacial score (nSPS) is 14.6. The molecule has 12 aromatic carbocycles. The molecule has 1 heterocycles. The maximum Gasteiger partial charge on any atom is 0.159 e. The van der Waals surface area contributed by atoms with Crippen LogP contribution in [0.1, 0.15) is 22.3 Å². The van der Waals surface area contributed by atoms with Crippen LogP contribution in [-0.2, 0) is 5.41 Å². The minimum atomic E-state index is -0.638. The number of benzene rings is 12. The molecule has 2 aliphatic carbocycles. The second-order valence-electron chi connectivity index (χ2n) is 18.3. The van der Waals surface area contributed by atoms with E-state index >= 15 is 0 Å². The molecule has 0 aliphatic heterocycles. The molecule has 0 saturated carbocycles. The van der Waals surface area contributed by atoms with E-state index in [1.165, 1.54) is 99.1 Å². The zero-order chi connectivity index (χ0) is 43.8. The number of rotatable bonds is 4. The Morgan fingerprint density at radius 1 is 0.328 bits per heavy atom. The smallest absolute Gasteiger partial charge is 0.159 e. The molecule has 0 bridgehead atoms. The first-order valence-electron chi connectivity index (χ1n) is 23.2. The number of fused-ring (bicyclic) bond motifs is 16. The summed E-state index contributed by atoms with van der Waals surface area (Å²) in [7, 11) is 0. The van der Waals surface area contributed by atoms with Crippen LogP contribution in [0, 0.1) is 0 Å². The maximum atomic E-state index is 6.83. The molecule has 2 heteroatoms. The Morgan fingerprint density at radius 2 is 0.925 bits per heavy atom. The first-order valence-corrected chi connectivity index (χ1v) is 23.2. The number of hydrogen-bond donors (Lipinski definition) is 0. The molecule has 13 aromatic rings. The van der Waals surface area contributed by atoms with Gasteiger partial charge < -0.3 is 9.32 Å². The molecule has 0 N–H and O–H groups in total. The van der Waals surface area contributed by atoms with Gasteiger partial charge in [-0.3, -0.25) is 0 Å². The van der Waals surface area contributed by atoms with E-state index in [1.54, 1.807) is 0 Å². The number of hydrogen-bond acceptors (Lipinski definition) is 2. The highest BCUT2D eigenvalue weighted by atomic mass is 16.3. The van der Waals surface area contributed by atoms with Crippen molar-refractivity contribution < 1.29 is 4.42 Å². The third kappa shape index (κ3) is 4.94. The second kappa shape index (κ2) is 13.7. The standard InChI is InChI=1S/C65H39NO/c1-2-14-40(15-3-1)41-30-33-45(34-31-41)66(59-26-13-23-51-50-21-8-11-27-60(50)67-64(51)59)46-35-37-57-54(39-46)48-19-5-4-18-47(48)49-20-6-9-24-55(49)65(57)56-25-10-7-22-52(56)63-53-36-32-43-17-12-16-42-28-29-44(38-58(63)65)62(53)61(42)43/h1-39H. The van der Waals surface area contributed by atoms with E-state index in [0.29, 0.717) is 0 Å². The average Bonchev–Trinajstić information content (AvgIpc) is 3.89. The Morgan fingerprint density at radius 3 is 1.75 bits per heavy atom. The minimum Gasteiger partial charge on any atom is -0.454 e. The van der Waals surface area contributed by atoms with Gasteiger partial charge in [0.2, 0.25) is 0 Å². The Hall–Kier alpha value is -8.72. The van der Waals surface area contributed by atoms with Gasteiger partial charge in [0, 0.05) is 22.1 Å². The lowest BCUT2D eigenvalue weighted by Crippen LogP contribution is -2.29. The van der Waals surface area contributed by atoms with Crippen LogP contribution in [0.15, 0.2) is 241 Å². The highest BCUT2D eigenvalue weighted by Gasteiger charge is 2.50. The Balaban J connectivity index is 1.05. The first kappa shape index (κ1) is 36.6. The summed E-state index contributed by atoms with van der Waals surface area (Å²) in [6.07, 6.45) is 0. The van der Waals surface area contributed by atoms with Gasteiger partial charge in [0.15, 0.2) is 5.58 Å². The van der Waals surface area contributed by atoms with Crippen molar-refractivity contribution in [1.82, 2.24) is 0 Å². The van der Waals surface area contributed by atoms with Crippen LogP contribution in [0.4, 0.5) is 17.1 Å². The molecule has 1 atom stereocenters.